The second-order valence-corrected chi connectivity index (χ2v) is 24.9. The summed E-state index contributed by atoms with van der Waals surface area (Å²) in [6.07, 6.45) is 10.4. The summed E-state index contributed by atoms with van der Waals surface area (Å²) in [7, 11) is -0.537. The first-order valence-corrected chi connectivity index (χ1v) is 33.3. The molecule has 0 bridgehead atoms. The third kappa shape index (κ3) is 20.8. The van der Waals surface area contributed by atoms with Crippen LogP contribution in [0.5, 0.6) is 17.2 Å². The summed E-state index contributed by atoms with van der Waals surface area (Å²) < 4.78 is 58.0. The number of carboxylic acid groups (broad SMARTS) is 1. The van der Waals surface area contributed by atoms with E-state index >= 15 is 0 Å². The molecule has 7 heterocycles. The van der Waals surface area contributed by atoms with Crippen LogP contribution < -0.4 is 55.7 Å². The minimum atomic E-state index is -0.892. The number of aliphatic carboxylic acids is 1. The molecule has 1 aliphatic rings. The molecule has 21 nitrogen and oxygen atoms in total. The summed E-state index contributed by atoms with van der Waals surface area (Å²) >= 11 is 5.63. The maximum Gasteiger partial charge on any atom is 1.00 e. The van der Waals surface area contributed by atoms with Crippen molar-refractivity contribution in [2.45, 2.75) is 111 Å². The van der Waals surface area contributed by atoms with E-state index in [0.717, 1.165) is 106 Å². The molecular weight excluding hydrogens is 1330 g/mol. The van der Waals surface area contributed by atoms with Crippen LogP contribution >= 0.6 is 11.6 Å². The Balaban J connectivity index is 0.000000183. The van der Waals surface area contributed by atoms with E-state index in [4.69, 9.17) is 80.2 Å². The predicted octanol–water partition coefficient (Wildman–Crippen LogP) is 11.2. The van der Waals surface area contributed by atoms with Gasteiger partial charge in [-0.15, -0.1) is 0 Å². The van der Waals surface area contributed by atoms with Gasteiger partial charge < -0.3 is 74.0 Å². The first kappa shape index (κ1) is 78.6. The molecule has 1 aliphatic heterocycles. The molecule has 528 valence electrons. The van der Waals surface area contributed by atoms with Crippen molar-refractivity contribution in [2.75, 3.05) is 13.2 Å². The average Bonchev–Trinajstić information content (AvgIpc) is 1.62. The van der Waals surface area contributed by atoms with Crippen molar-refractivity contribution in [3.63, 3.8) is 0 Å². The van der Waals surface area contributed by atoms with Gasteiger partial charge >= 0.3 is 43.9 Å². The van der Waals surface area contributed by atoms with E-state index in [9.17, 15) is 14.4 Å². The van der Waals surface area contributed by atoms with Gasteiger partial charge in [0.05, 0.1) is 79.5 Å². The third-order valence-corrected chi connectivity index (χ3v) is 17.0. The largest absolute Gasteiger partial charge is 1.00 e. The molecule has 0 atom stereocenters. The number of rotatable bonds is 23. The fourth-order valence-corrected chi connectivity index (χ4v) is 11.3. The van der Waals surface area contributed by atoms with Crippen LogP contribution in [-0.4, -0.2) is 75.0 Å². The summed E-state index contributed by atoms with van der Waals surface area (Å²) in [5, 5.41) is 12.7. The van der Waals surface area contributed by atoms with Crippen LogP contribution in [0.25, 0.3) is 55.2 Å². The molecule has 12 aromatic rings. The number of pyridine rings is 3. The number of nitrogens with zero attached hydrogens (tertiary/aromatic N) is 3. The number of para-hydroxylation sites is 3. The first-order chi connectivity index (χ1) is 48.8. The smallest absolute Gasteiger partial charge is 0.870 e. The van der Waals surface area contributed by atoms with Gasteiger partial charge in [-0.05, 0) is 172 Å². The van der Waals surface area contributed by atoms with E-state index in [1.807, 2.05) is 155 Å². The van der Waals surface area contributed by atoms with E-state index in [1.54, 1.807) is 81.6 Å². The van der Waals surface area contributed by atoms with Gasteiger partial charge in [0.25, 0.3) is 0 Å². The summed E-state index contributed by atoms with van der Waals surface area (Å²) in [6, 6.07) is 51.4. The number of hydrogen-bond donors (Lipinski definition) is 4. The van der Waals surface area contributed by atoms with Gasteiger partial charge in [0.15, 0.2) is 0 Å². The fraction of sp³-hybridized carbons (Fsp3) is 0.241. The summed E-state index contributed by atoms with van der Waals surface area (Å²) in [5.74, 6) is 0.457. The van der Waals surface area contributed by atoms with E-state index in [1.165, 1.54) is 0 Å². The molecule has 1 fully saturated rings. The fourth-order valence-electron chi connectivity index (χ4n) is 11.1. The van der Waals surface area contributed by atoms with Gasteiger partial charge in [0.2, 0.25) is 0 Å². The number of carboxylic acids is 1. The summed E-state index contributed by atoms with van der Waals surface area (Å²) in [5.41, 5.74) is 30.5. The van der Waals surface area contributed by atoms with Crippen LogP contribution in [0.2, 0.25) is 5.02 Å². The second-order valence-electron chi connectivity index (χ2n) is 24.4. The predicted molar refractivity (Wildman–Crippen MR) is 390 cm³/mol. The minimum absolute atomic E-state index is 0. The Labute approximate surface area is 614 Å². The normalized spacial score (nSPS) is 12.5. The second kappa shape index (κ2) is 37.2. The zero-order chi connectivity index (χ0) is 71.5. The molecule has 0 spiro atoms. The molecule has 13 rings (SSSR count). The SMILES string of the molecule is CCOC(=O)Cc1ccccc1OCc1cc(-c2ccnc(CN)c2)c2occc2c1.CCOC(=O)Cc1ccccc1OCc1cc(B2OC(C)(C)C(C)(C)O2)c2occc2c1.NCc1cc(-c2cc(COc3ccccc3CC(=O)O)cc3ccoc23)ccn1.NCc1cc(Cl)ccn1.[Li+].[OH-]. The van der Waals surface area contributed by atoms with Crippen molar-refractivity contribution in [1.29, 1.82) is 0 Å². The molecule has 6 aromatic carbocycles. The maximum atomic E-state index is 11.9. The van der Waals surface area contributed by atoms with Gasteiger partial charge in [-0.25, -0.2) is 0 Å². The zero-order valence-corrected chi connectivity index (χ0v) is 59.3. The first-order valence-electron chi connectivity index (χ1n) is 33.0. The summed E-state index contributed by atoms with van der Waals surface area (Å²) in [4.78, 5) is 47.4. The van der Waals surface area contributed by atoms with Crippen molar-refractivity contribution >= 4 is 75.0 Å². The standard InChI is InChI=1S/C25H29BO6.C25H24N2O4.C23H20N2O4.C6H7ClN2.Li.H2O/c1-6-28-22(27)15-18-9-7-8-10-21(18)30-16-17-13-19-11-12-29-23(19)20(14-17)26-31-24(2,3)25(4,5)32-26;1-2-29-24(28)14-19-5-3-4-6-23(19)31-16-17-11-20-8-10-30-25(20)22(12-17)18-7-9-27-21(13-18)15-26;24-13-19-11-16(5-7-25-19)20-10-15(9-18-6-8-28-23(18)20)14-29-21-4-2-1-3-17(21)12-22(26)27;7-5-1-2-9-6(3-5)4-8;;/h7-14H,6,15-16H2,1-5H3;3-13H,2,14-16,26H2,1H3;1-11H,12-14,24H2,(H,26,27);1-3H,4,8H2;;1H2/q;;;;+1;/p-1. The molecule has 0 unspecified atom stereocenters. The van der Waals surface area contributed by atoms with Gasteiger partial charge in [-0.2, -0.15) is 0 Å². The monoisotopic (exact) mass is 1410 g/mol. The topological polar surface area (TPSA) is 322 Å². The van der Waals surface area contributed by atoms with E-state index < -0.39 is 24.3 Å². The Morgan fingerprint density at radius 3 is 1.24 bits per heavy atom. The number of hydrogen-bond acceptors (Lipinski definition) is 20. The Kier molecular flexibility index (Phi) is 28.4. The van der Waals surface area contributed by atoms with Crippen LogP contribution in [0.1, 0.15) is 92.0 Å². The number of ether oxygens (including phenoxy) is 5. The van der Waals surface area contributed by atoms with E-state index in [0.29, 0.717) is 80.5 Å². The molecule has 8 N–H and O–H groups in total. The quantitative estimate of drug-likeness (QED) is 0.0341. The molecule has 103 heavy (non-hydrogen) atoms. The molecule has 0 radical (unpaired) electrons. The van der Waals surface area contributed by atoms with Crippen molar-refractivity contribution in [3.05, 3.63) is 257 Å². The number of nitrogens with two attached hydrogens (primary N) is 3. The molecule has 24 heteroatoms. The van der Waals surface area contributed by atoms with Crippen LogP contribution in [-0.2, 0) is 91.9 Å². The number of benzene rings is 6. The number of carbonyl (C=O) groups is 3. The Morgan fingerprint density at radius 1 is 0.485 bits per heavy atom. The number of fused-ring (bicyclic) bond motifs is 3. The van der Waals surface area contributed by atoms with Gasteiger partial charge in [-0.1, -0.05) is 72.3 Å². The van der Waals surface area contributed by atoms with Crippen molar-refractivity contribution < 1.29 is 90.1 Å². The van der Waals surface area contributed by atoms with Crippen molar-refractivity contribution in [1.82, 2.24) is 15.0 Å². The molecule has 0 amide bonds. The van der Waals surface area contributed by atoms with Crippen molar-refractivity contribution in [2.24, 2.45) is 17.2 Å². The Bertz CT molecular complexity index is 4790. The van der Waals surface area contributed by atoms with Crippen LogP contribution in [0.15, 0.2) is 214 Å². The molecule has 6 aromatic heterocycles. The van der Waals surface area contributed by atoms with Gasteiger partial charge in [-0.3, -0.25) is 29.3 Å². The zero-order valence-electron chi connectivity index (χ0n) is 58.6. The number of aromatic nitrogens is 3. The Morgan fingerprint density at radius 2 is 0.854 bits per heavy atom. The number of furan rings is 3. The van der Waals surface area contributed by atoms with E-state index in [-0.39, 0.29) is 55.5 Å². The molecule has 0 aliphatic carbocycles. The van der Waals surface area contributed by atoms with Crippen molar-refractivity contribution in [3.8, 4) is 39.5 Å². The molecule has 0 saturated carbocycles. The molecule has 1 saturated heterocycles. The molecular formula is C79H81BClLiN6O15. The van der Waals surface area contributed by atoms with Gasteiger partial charge in [0.1, 0.15) is 53.8 Å². The maximum absolute atomic E-state index is 11.9. The third-order valence-electron chi connectivity index (χ3n) is 16.8. The Hall–Kier alpha value is -10.1. The number of halogens is 1. The van der Waals surface area contributed by atoms with Crippen LogP contribution in [0.3, 0.4) is 0 Å². The minimum Gasteiger partial charge on any atom is -0.870 e. The van der Waals surface area contributed by atoms with Crippen LogP contribution in [0, 0.1) is 0 Å². The van der Waals surface area contributed by atoms with Gasteiger partial charge in [0, 0.05) is 92.7 Å². The van der Waals surface area contributed by atoms with E-state index in [2.05, 4.69) is 21.0 Å². The average molecular weight is 1410 g/mol. The number of carbonyl (C=O) groups excluding carboxylic acids is 2. The number of esters is 2. The van der Waals surface area contributed by atoms with Crippen LogP contribution in [0.4, 0.5) is 0 Å². The summed E-state index contributed by atoms with van der Waals surface area (Å²) in [6.45, 7) is 14.6.